The first-order chi connectivity index (χ1) is 20.2. The molecule has 0 unspecified atom stereocenters. The molecule has 224 valence electrons. The Morgan fingerprint density at radius 2 is 1.70 bits per heavy atom. The second-order valence-electron chi connectivity index (χ2n) is 9.50. The SMILES string of the molecule is CCOC(=O)CNC(=O)CN(C)c1ccc2c(C(=O)NCc3ccc(C(=N)N)cc3)cccc2c1C(=O)c1ccc[nH]1.Cl. The number of ether oxygens (including phenoxy) is 1. The number of nitrogens with two attached hydrogens (primary N) is 1. The van der Waals surface area contributed by atoms with Gasteiger partial charge in [0.05, 0.1) is 24.4 Å². The lowest BCUT2D eigenvalue weighted by Gasteiger charge is -2.23. The summed E-state index contributed by atoms with van der Waals surface area (Å²) < 4.78 is 4.85. The lowest BCUT2D eigenvalue weighted by molar-refractivity contribution is -0.143. The molecule has 0 saturated carbocycles. The topological polar surface area (TPSA) is 170 Å². The molecule has 0 aliphatic heterocycles. The summed E-state index contributed by atoms with van der Waals surface area (Å²) in [6.45, 7) is 1.76. The normalized spacial score (nSPS) is 10.4. The van der Waals surface area contributed by atoms with Crippen molar-refractivity contribution in [2.45, 2.75) is 13.5 Å². The number of nitrogen functional groups attached to an aromatic ring is 1. The summed E-state index contributed by atoms with van der Waals surface area (Å²) in [7, 11) is 1.67. The van der Waals surface area contributed by atoms with Gasteiger partial charge in [-0.25, -0.2) is 0 Å². The molecule has 0 aliphatic rings. The number of halogens is 1. The number of H-pyrrole nitrogens is 1. The van der Waals surface area contributed by atoms with Crippen LogP contribution in [-0.2, 0) is 20.9 Å². The zero-order valence-electron chi connectivity index (χ0n) is 23.7. The summed E-state index contributed by atoms with van der Waals surface area (Å²) in [6, 6.07) is 19.0. The van der Waals surface area contributed by atoms with Gasteiger partial charge in [-0.3, -0.25) is 24.6 Å². The first-order valence-corrected chi connectivity index (χ1v) is 13.3. The van der Waals surface area contributed by atoms with Gasteiger partial charge >= 0.3 is 5.97 Å². The third-order valence-corrected chi connectivity index (χ3v) is 6.60. The van der Waals surface area contributed by atoms with Gasteiger partial charge < -0.3 is 31.0 Å². The molecule has 1 heterocycles. The van der Waals surface area contributed by atoms with Crippen LogP contribution in [0, 0.1) is 5.41 Å². The molecular formula is C31H33ClN6O5. The number of ketones is 1. The summed E-state index contributed by atoms with van der Waals surface area (Å²) in [4.78, 5) is 55.8. The van der Waals surface area contributed by atoms with Crippen molar-refractivity contribution in [3.63, 3.8) is 0 Å². The zero-order chi connectivity index (χ0) is 30.2. The highest BCUT2D eigenvalue weighted by molar-refractivity contribution is 6.21. The van der Waals surface area contributed by atoms with Gasteiger partial charge in [0.25, 0.3) is 5.91 Å². The fraction of sp³-hybridized carbons (Fsp3) is 0.194. The third-order valence-electron chi connectivity index (χ3n) is 6.60. The Labute approximate surface area is 254 Å². The predicted molar refractivity (Wildman–Crippen MR) is 167 cm³/mol. The Balaban J connectivity index is 0.00000506. The Hall–Kier alpha value is -5.16. The van der Waals surface area contributed by atoms with E-state index in [1.54, 1.807) is 91.8 Å². The number of aromatic nitrogens is 1. The molecule has 0 spiro atoms. The van der Waals surface area contributed by atoms with Crippen LogP contribution >= 0.6 is 12.4 Å². The number of amides is 2. The van der Waals surface area contributed by atoms with Gasteiger partial charge in [0, 0.05) is 36.6 Å². The quantitative estimate of drug-likeness (QED) is 0.0715. The van der Waals surface area contributed by atoms with Crippen LogP contribution in [0.15, 0.2) is 72.9 Å². The van der Waals surface area contributed by atoms with Crippen LogP contribution in [0.4, 0.5) is 5.69 Å². The average Bonchev–Trinajstić information content (AvgIpc) is 3.53. The largest absolute Gasteiger partial charge is 0.465 e. The minimum Gasteiger partial charge on any atom is -0.465 e. The summed E-state index contributed by atoms with van der Waals surface area (Å²) in [5.41, 5.74) is 8.49. The van der Waals surface area contributed by atoms with Crippen LogP contribution in [0.5, 0.6) is 0 Å². The molecular weight excluding hydrogens is 572 g/mol. The van der Waals surface area contributed by atoms with E-state index in [4.69, 9.17) is 15.9 Å². The average molecular weight is 605 g/mol. The molecule has 43 heavy (non-hydrogen) atoms. The molecule has 0 aliphatic carbocycles. The summed E-state index contributed by atoms with van der Waals surface area (Å²) in [5, 5.41) is 14.1. The van der Waals surface area contributed by atoms with Crippen LogP contribution < -0.4 is 21.3 Å². The van der Waals surface area contributed by atoms with Crippen molar-refractivity contribution in [1.82, 2.24) is 15.6 Å². The highest BCUT2D eigenvalue weighted by atomic mass is 35.5. The molecule has 1 aromatic heterocycles. The first kappa shape index (κ1) is 32.4. The number of esters is 1. The van der Waals surface area contributed by atoms with E-state index in [0.717, 1.165) is 5.56 Å². The van der Waals surface area contributed by atoms with Crippen LogP contribution in [0.25, 0.3) is 10.8 Å². The Bertz CT molecular complexity index is 1640. The number of carbonyl (C=O) groups excluding carboxylic acids is 4. The summed E-state index contributed by atoms with van der Waals surface area (Å²) in [5.74, 6) is -1.63. The van der Waals surface area contributed by atoms with Crippen LogP contribution in [0.3, 0.4) is 0 Å². The van der Waals surface area contributed by atoms with Crippen molar-refractivity contribution in [2.75, 3.05) is 31.6 Å². The number of amidine groups is 1. The monoisotopic (exact) mass is 604 g/mol. The smallest absolute Gasteiger partial charge is 0.325 e. The minimum atomic E-state index is -0.541. The zero-order valence-corrected chi connectivity index (χ0v) is 24.5. The van der Waals surface area contributed by atoms with Gasteiger partial charge in [0.15, 0.2) is 0 Å². The molecule has 4 rings (SSSR count). The van der Waals surface area contributed by atoms with Crippen molar-refractivity contribution in [1.29, 1.82) is 5.41 Å². The highest BCUT2D eigenvalue weighted by Crippen LogP contribution is 2.32. The van der Waals surface area contributed by atoms with E-state index in [1.165, 1.54) is 0 Å². The van der Waals surface area contributed by atoms with Gasteiger partial charge in [-0.1, -0.05) is 42.5 Å². The van der Waals surface area contributed by atoms with Crippen LogP contribution in [0.2, 0.25) is 0 Å². The molecule has 4 aromatic rings. The molecule has 0 bridgehead atoms. The Kier molecular flexibility index (Phi) is 11.0. The van der Waals surface area contributed by atoms with Crippen LogP contribution in [-0.4, -0.2) is 61.1 Å². The second-order valence-corrected chi connectivity index (χ2v) is 9.50. The van der Waals surface area contributed by atoms with Gasteiger partial charge in [-0.05, 0) is 47.5 Å². The Morgan fingerprint density at radius 1 is 0.953 bits per heavy atom. The maximum absolute atomic E-state index is 13.7. The second kappa shape index (κ2) is 14.6. The van der Waals surface area contributed by atoms with Gasteiger partial charge in [-0.2, -0.15) is 0 Å². The number of anilines is 1. The van der Waals surface area contributed by atoms with E-state index in [0.29, 0.717) is 38.8 Å². The van der Waals surface area contributed by atoms with Crippen molar-refractivity contribution in [2.24, 2.45) is 5.73 Å². The van der Waals surface area contributed by atoms with Gasteiger partial charge in [-0.15, -0.1) is 12.4 Å². The van der Waals surface area contributed by atoms with Crippen LogP contribution in [0.1, 0.15) is 44.5 Å². The fourth-order valence-electron chi connectivity index (χ4n) is 4.53. The molecule has 6 N–H and O–H groups in total. The summed E-state index contributed by atoms with van der Waals surface area (Å²) >= 11 is 0. The number of nitrogens with one attached hydrogen (secondary N) is 4. The molecule has 2 amide bonds. The number of likely N-dealkylation sites (N-methyl/N-ethyl adjacent to an activating group) is 1. The maximum Gasteiger partial charge on any atom is 0.325 e. The number of aromatic amines is 1. The lowest BCUT2D eigenvalue weighted by atomic mass is 9.94. The standard InChI is InChI=1S/C31H32N6O5.ClH/c1-3-42-27(39)17-35-26(38)18-37(2)25-14-13-21-22(28(25)29(40)24-8-5-15-34-24)6-4-7-23(21)31(41)36-16-19-9-11-20(12-10-19)30(32)33;/h4-15,34H,3,16-18H2,1-2H3,(H3,32,33)(H,35,38)(H,36,41);1H. The molecule has 0 atom stereocenters. The fourth-order valence-corrected chi connectivity index (χ4v) is 4.53. The number of fused-ring (bicyclic) bond motifs is 1. The van der Waals surface area contributed by atoms with E-state index in [-0.39, 0.29) is 56.2 Å². The Morgan fingerprint density at radius 3 is 2.35 bits per heavy atom. The van der Waals surface area contributed by atoms with Crippen molar-refractivity contribution in [3.05, 3.63) is 101 Å². The van der Waals surface area contributed by atoms with E-state index in [2.05, 4.69) is 15.6 Å². The first-order valence-electron chi connectivity index (χ1n) is 13.3. The van der Waals surface area contributed by atoms with E-state index < -0.39 is 11.9 Å². The van der Waals surface area contributed by atoms with Gasteiger partial charge in [0.1, 0.15) is 12.4 Å². The summed E-state index contributed by atoms with van der Waals surface area (Å²) in [6.07, 6.45) is 1.65. The molecule has 12 heteroatoms. The number of hydrogen-bond acceptors (Lipinski definition) is 7. The molecule has 0 radical (unpaired) electrons. The van der Waals surface area contributed by atoms with E-state index >= 15 is 0 Å². The third kappa shape index (κ3) is 7.77. The minimum absolute atomic E-state index is 0. The van der Waals surface area contributed by atoms with E-state index in [1.807, 2.05) is 0 Å². The number of nitrogens with zero attached hydrogens (tertiary/aromatic N) is 1. The molecule has 3 aromatic carbocycles. The predicted octanol–water partition coefficient (Wildman–Crippen LogP) is 3.15. The van der Waals surface area contributed by atoms with Crippen molar-refractivity contribution in [3.8, 4) is 0 Å². The lowest BCUT2D eigenvalue weighted by Crippen LogP contribution is -2.38. The maximum atomic E-state index is 13.7. The molecule has 11 nitrogen and oxygen atoms in total. The van der Waals surface area contributed by atoms with Crippen molar-refractivity contribution < 1.29 is 23.9 Å². The number of benzene rings is 3. The number of rotatable bonds is 12. The molecule has 0 saturated heterocycles. The number of carbonyl (C=O) groups is 4. The van der Waals surface area contributed by atoms with Crippen molar-refractivity contribution >= 4 is 58.3 Å². The van der Waals surface area contributed by atoms with Gasteiger partial charge in [0.2, 0.25) is 11.7 Å². The molecule has 0 fully saturated rings. The van der Waals surface area contributed by atoms with E-state index in [9.17, 15) is 19.2 Å². The number of hydrogen-bond donors (Lipinski definition) is 5. The highest BCUT2D eigenvalue weighted by Gasteiger charge is 2.23.